The summed E-state index contributed by atoms with van der Waals surface area (Å²) in [6.07, 6.45) is 3.29. The first-order chi connectivity index (χ1) is 12.1. The fraction of sp³-hybridized carbons (Fsp3) is 0.176. The summed E-state index contributed by atoms with van der Waals surface area (Å²) >= 11 is 1.29. The lowest BCUT2D eigenvalue weighted by Gasteiger charge is -2.13. The highest BCUT2D eigenvalue weighted by Crippen LogP contribution is 2.17. The number of carbonyl (C=O) groups excluding carboxylic acids is 1. The van der Waals surface area contributed by atoms with Gasteiger partial charge in [-0.25, -0.2) is 9.37 Å². The number of pyridine rings is 1. The maximum absolute atomic E-state index is 13.4. The van der Waals surface area contributed by atoms with Crippen LogP contribution in [-0.4, -0.2) is 26.3 Å². The van der Waals surface area contributed by atoms with Gasteiger partial charge in [0, 0.05) is 18.5 Å². The molecular formula is C17H15FN4O2S. The lowest BCUT2D eigenvalue weighted by molar-refractivity contribution is -0.116. The first-order valence-corrected chi connectivity index (χ1v) is 8.61. The number of nitrogens with zero attached hydrogens (tertiary/aromatic N) is 3. The van der Waals surface area contributed by atoms with Gasteiger partial charge in [-0.2, -0.15) is 4.68 Å². The van der Waals surface area contributed by atoms with Gasteiger partial charge < -0.3 is 0 Å². The van der Waals surface area contributed by atoms with Crippen LogP contribution in [0.5, 0.6) is 0 Å². The lowest BCUT2D eigenvalue weighted by atomic mass is 10.2. The quantitative estimate of drug-likeness (QED) is 0.560. The Bertz CT molecular complexity index is 976. The summed E-state index contributed by atoms with van der Waals surface area (Å²) in [6, 6.07) is 7.28. The van der Waals surface area contributed by atoms with Crippen LogP contribution in [0.15, 0.2) is 52.7 Å². The Morgan fingerprint density at radius 1 is 1.36 bits per heavy atom. The predicted molar refractivity (Wildman–Crippen MR) is 94.7 cm³/mol. The third-order valence-corrected chi connectivity index (χ3v) is 4.22. The molecule has 3 rings (SSSR count). The zero-order valence-electron chi connectivity index (χ0n) is 13.4. The van der Waals surface area contributed by atoms with Gasteiger partial charge in [-0.1, -0.05) is 24.8 Å². The monoisotopic (exact) mass is 358 g/mol. The number of hydrogen-bond donors (Lipinski definition) is 1. The molecule has 2 aromatic heterocycles. The molecule has 0 fully saturated rings. The highest BCUT2D eigenvalue weighted by Gasteiger charge is 2.14. The number of amides is 1. The molecule has 25 heavy (non-hydrogen) atoms. The molecule has 1 aromatic carbocycles. The maximum atomic E-state index is 13.4. The van der Waals surface area contributed by atoms with Gasteiger partial charge in [-0.3, -0.25) is 20.0 Å². The molecule has 0 saturated carbocycles. The van der Waals surface area contributed by atoms with E-state index in [1.165, 1.54) is 30.0 Å². The van der Waals surface area contributed by atoms with Crippen molar-refractivity contribution in [2.75, 3.05) is 11.2 Å². The van der Waals surface area contributed by atoms with Crippen molar-refractivity contribution in [1.29, 1.82) is 0 Å². The molecule has 0 aliphatic heterocycles. The van der Waals surface area contributed by atoms with Crippen molar-refractivity contribution < 1.29 is 9.18 Å². The van der Waals surface area contributed by atoms with Crippen LogP contribution in [0.1, 0.15) is 12.5 Å². The molecule has 0 radical (unpaired) electrons. The van der Waals surface area contributed by atoms with E-state index in [0.717, 1.165) is 10.2 Å². The molecule has 0 spiro atoms. The second-order valence-electron chi connectivity index (χ2n) is 5.20. The molecule has 0 bridgehead atoms. The number of benzene rings is 1. The van der Waals surface area contributed by atoms with Gasteiger partial charge in [0.15, 0.2) is 5.16 Å². The largest absolute Gasteiger partial charge is 0.281 e. The number of thioether (sulfide) groups is 1. The van der Waals surface area contributed by atoms with Crippen LogP contribution in [-0.2, 0) is 11.2 Å². The number of aromatic nitrogens is 3. The van der Waals surface area contributed by atoms with Gasteiger partial charge in [0.25, 0.3) is 5.56 Å². The summed E-state index contributed by atoms with van der Waals surface area (Å²) in [5, 5.41) is 0.550. The van der Waals surface area contributed by atoms with E-state index in [0.29, 0.717) is 10.9 Å². The topological polar surface area (TPSA) is 76.9 Å². The van der Waals surface area contributed by atoms with Gasteiger partial charge in [-0.15, -0.1) is 0 Å². The molecular weight excluding hydrogens is 343 g/mol. The molecule has 128 valence electrons. The van der Waals surface area contributed by atoms with Crippen molar-refractivity contribution in [3.63, 3.8) is 0 Å². The molecule has 0 unspecified atom stereocenters. The third-order valence-electron chi connectivity index (χ3n) is 3.40. The van der Waals surface area contributed by atoms with Crippen LogP contribution in [0, 0.1) is 5.82 Å². The van der Waals surface area contributed by atoms with Crippen LogP contribution in [0.25, 0.3) is 10.9 Å². The van der Waals surface area contributed by atoms with Crippen LogP contribution in [0.3, 0.4) is 0 Å². The summed E-state index contributed by atoms with van der Waals surface area (Å²) in [5.41, 5.74) is 3.13. The third kappa shape index (κ3) is 3.85. The average molecular weight is 358 g/mol. The van der Waals surface area contributed by atoms with Gasteiger partial charge >= 0.3 is 0 Å². The highest BCUT2D eigenvalue weighted by atomic mass is 32.2. The van der Waals surface area contributed by atoms with Crippen LogP contribution in [0.4, 0.5) is 4.39 Å². The van der Waals surface area contributed by atoms with Crippen molar-refractivity contribution >= 4 is 28.6 Å². The SMILES string of the molecule is CCSc1nc2cc(F)ccc2c(=O)n1NC(=O)Cc1cccnc1. The summed E-state index contributed by atoms with van der Waals surface area (Å²) in [4.78, 5) is 33.2. The average Bonchev–Trinajstić information content (AvgIpc) is 2.59. The first kappa shape index (κ1) is 17.1. The molecule has 1 N–H and O–H groups in total. The summed E-state index contributed by atoms with van der Waals surface area (Å²) in [6.45, 7) is 1.90. The van der Waals surface area contributed by atoms with Gasteiger partial charge in [-0.05, 0) is 29.5 Å². The Morgan fingerprint density at radius 2 is 2.20 bits per heavy atom. The Morgan fingerprint density at radius 3 is 2.92 bits per heavy atom. The van der Waals surface area contributed by atoms with Gasteiger partial charge in [0.1, 0.15) is 5.82 Å². The fourth-order valence-corrected chi connectivity index (χ4v) is 2.99. The van der Waals surface area contributed by atoms with E-state index < -0.39 is 11.4 Å². The molecule has 8 heteroatoms. The Labute approximate surface area is 147 Å². The second-order valence-corrected chi connectivity index (χ2v) is 6.43. The first-order valence-electron chi connectivity index (χ1n) is 7.62. The second kappa shape index (κ2) is 7.43. The van der Waals surface area contributed by atoms with E-state index in [1.807, 2.05) is 6.92 Å². The minimum atomic E-state index is -0.467. The lowest BCUT2D eigenvalue weighted by Crippen LogP contribution is -2.35. The standard InChI is InChI=1S/C17H15FN4O2S/c1-2-25-17-20-14-9-12(18)5-6-13(14)16(24)22(17)21-15(23)8-11-4-3-7-19-10-11/h3-7,9-10H,2,8H2,1H3,(H,21,23). The molecule has 1 amide bonds. The maximum Gasteiger partial charge on any atom is 0.281 e. The van der Waals surface area contributed by atoms with Crippen LogP contribution < -0.4 is 11.0 Å². The fourth-order valence-electron chi connectivity index (χ4n) is 2.32. The van der Waals surface area contributed by atoms with Gasteiger partial charge in [0.2, 0.25) is 5.91 Å². The summed E-state index contributed by atoms with van der Waals surface area (Å²) in [5.74, 6) is -0.187. The van der Waals surface area contributed by atoms with Crippen molar-refractivity contribution in [3.05, 3.63) is 64.5 Å². The summed E-state index contributed by atoms with van der Waals surface area (Å²) in [7, 11) is 0. The number of hydrogen-bond acceptors (Lipinski definition) is 5. The highest BCUT2D eigenvalue weighted by molar-refractivity contribution is 7.99. The van der Waals surface area contributed by atoms with Crippen molar-refractivity contribution in [2.45, 2.75) is 18.5 Å². The van der Waals surface area contributed by atoms with E-state index >= 15 is 0 Å². The van der Waals surface area contributed by atoms with E-state index in [9.17, 15) is 14.0 Å². The minimum Gasteiger partial charge on any atom is -0.273 e. The van der Waals surface area contributed by atoms with E-state index in [2.05, 4.69) is 15.4 Å². The smallest absolute Gasteiger partial charge is 0.273 e. The number of halogens is 1. The van der Waals surface area contributed by atoms with Crippen molar-refractivity contribution in [1.82, 2.24) is 14.6 Å². The molecule has 0 atom stereocenters. The Balaban J connectivity index is 1.97. The van der Waals surface area contributed by atoms with Crippen LogP contribution >= 0.6 is 11.8 Å². The number of nitrogens with one attached hydrogen (secondary N) is 1. The minimum absolute atomic E-state index is 0.0813. The van der Waals surface area contributed by atoms with Gasteiger partial charge in [0.05, 0.1) is 17.3 Å². The number of rotatable bonds is 5. The molecule has 0 aliphatic rings. The van der Waals surface area contributed by atoms with E-state index in [-0.39, 0.29) is 23.2 Å². The molecule has 6 nitrogen and oxygen atoms in total. The van der Waals surface area contributed by atoms with E-state index in [4.69, 9.17) is 0 Å². The normalized spacial score (nSPS) is 10.8. The number of carbonyl (C=O) groups is 1. The predicted octanol–water partition coefficient (Wildman–Crippen LogP) is 2.36. The zero-order chi connectivity index (χ0) is 17.8. The molecule has 0 saturated heterocycles. The van der Waals surface area contributed by atoms with Crippen molar-refractivity contribution in [3.8, 4) is 0 Å². The van der Waals surface area contributed by atoms with E-state index in [1.54, 1.807) is 24.5 Å². The Kier molecular flexibility index (Phi) is 5.08. The van der Waals surface area contributed by atoms with Crippen molar-refractivity contribution in [2.24, 2.45) is 0 Å². The molecule has 3 aromatic rings. The van der Waals surface area contributed by atoms with Crippen LogP contribution in [0.2, 0.25) is 0 Å². The number of fused-ring (bicyclic) bond motifs is 1. The summed E-state index contributed by atoms with van der Waals surface area (Å²) < 4.78 is 14.5. The zero-order valence-corrected chi connectivity index (χ0v) is 14.2. The Hall–Kier alpha value is -2.74. The molecule has 0 aliphatic carbocycles. The molecule has 2 heterocycles.